The number of hydrogen-bond donors (Lipinski definition) is 1. The lowest BCUT2D eigenvalue weighted by molar-refractivity contribution is 0.232. The minimum Gasteiger partial charge on any atom is -0.383 e. The summed E-state index contributed by atoms with van der Waals surface area (Å²) < 4.78 is 1.14. The van der Waals surface area contributed by atoms with Crippen molar-refractivity contribution >= 4 is 21.6 Å². The molecule has 0 radical (unpaired) electrons. The normalized spacial score (nSPS) is 20.7. The maximum Gasteiger partial charge on any atom is 0.0485 e. The number of anilines is 1. The Hall–Kier alpha value is -0.540. The maximum atomic E-state index is 3.57. The molecule has 2 rings (SSSR count). The van der Waals surface area contributed by atoms with Crippen LogP contribution in [0.5, 0.6) is 0 Å². The predicted molar refractivity (Wildman–Crippen MR) is 86.6 cm³/mol. The number of nitrogens with one attached hydrogen (secondary N) is 1. The fourth-order valence-electron chi connectivity index (χ4n) is 2.70. The molecule has 0 saturated carbocycles. The van der Waals surface area contributed by atoms with Gasteiger partial charge in [-0.15, -0.1) is 0 Å². The van der Waals surface area contributed by atoms with Gasteiger partial charge in [0.25, 0.3) is 0 Å². The van der Waals surface area contributed by atoms with Gasteiger partial charge in [0.1, 0.15) is 0 Å². The van der Waals surface area contributed by atoms with E-state index in [1.165, 1.54) is 25.2 Å². The molecule has 0 bridgehead atoms. The van der Waals surface area contributed by atoms with E-state index < -0.39 is 0 Å². The third-order valence-corrected chi connectivity index (χ3v) is 4.81. The number of para-hydroxylation sites is 1. The van der Waals surface area contributed by atoms with Gasteiger partial charge in [0.05, 0.1) is 0 Å². The van der Waals surface area contributed by atoms with Gasteiger partial charge >= 0.3 is 0 Å². The summed E-state index contributed by atoms with van der Waals surface area (Å²) in [7, 11) is 0. The number of hydrogen-bond acceptors (Lipinski definition) is 2. The highest BCUT2D eigenvalue weighted by atomic mass is 79.9. The van der Waals surface area contributed by atoms with E-state index in [9.17, 15) is 0 Å². The average Bonchev–Trinajstić information content (AvgIpc) is 2.80. The standard InChI is InChI=1S/C16H25BrN2/c1-16(2,3)13-8-10-19(12-13)11-9-18-15-7-5-4-6-14(15)17/h4-7,13,18H,8-12H2,1-3H3. The Labute approximate surface area is 125 Å². The van der Waals surface area contributed by atoms with Crippen LogP contribution >= 0.6 is 15.9 Å². The van der Waals surface area contributed by atoms with Crippen molar-refractivity contribution < 1.29 is 0 Å². The zero-order valence-electron chi connectivity index (χ0n) is 12.2. The number of rotatable bonds is 4. The van der Waals surface area contributed by atoms with E-state index in [4.69, 9.17) is 0 Å². The summed E-state index contributed by atoms with van der Waals surface area (Å²) >= 11 is 3.57. The first-order valence-electron chi connectivity index (χ1n) is 7.17. The minimum atomic E-state index is 0.449. The second-order valence-corrected chi connectivity index (χ2v) is 7.41. The Morgan fingerprint density at radius 1 is 1.32 bits per heavy atom. The maximum absolute atomic E-state index is 3.57. The molecular formula is C16H25BrN2. The van der Waals surface area contributed by atoms with Crippen molar-refractivity contribution in [1.29, 1.82) is 0 Å². The van der Waals surface area contributed by atoms with Crippen LogP contribution in [0.3, 0.4) is 0 Å². The highest BCUT2D eigenvalue weighted by Crippen LogP contribution is 2.33. The molecule has 1 aromatic carbocycles. The molecule has 1 N–H and O–H groups in total. The summed E-state index contributed by atoms with van der Waals surface area (Å²) in [5.74, 6) is 0.843. The molecule has 1 aliphatic rings. The molecule has 1 fully saturated rings. The van der Waals surface area contributed by atoms with Gasteiger partial charge in [-0.25, -0.2) is 0 Å². The van der Waals surface area contributed by atoms with Crippen molar-refractivity contribution in [2.45, 2.75) is 27.2 Å². The number of benzene rings is 1. The molecule has 106 valence electrons. The van der Waals surface area contributed by atoms with Gasteiger partial charge < -0.3 is 10.2 Å². The molecule has 0 amide bonds. The SMILES string of the molecule is CC(C)(C)C1CCN(CCNc2ccccc2Br)C1. The molecule has 19 heavy (non-hydrogen) atoms. The number of halogens is 1. The van der Waals surface area contributed by atoms with E-state index in [1.807, 2.05) is 6.07 Å². The van der Waals surface area contributed by atoms with E-state index in [0.29, 0.717) is 5.41 Å². The molecule has 0 spiro atoms. The van der Waals surface area contributed by atoms with E-state index in [2.05, 4.69) is 65.1 Å². The largest absolute Gasteiger partial charge is 0.383 e. The Balaban J connectivity index is 1.74. The summed E-state index contributed by atoms with van der Waals surface area (Å²) in [6, 6.07) is 8.31. The zero-order chi connectivity index (χ0) is 13.9. The van der Waals surface area contributed by atoms with Crippen molar-refractivity contribution in [3.63, 3.8) is 0 Å². The van der Waals surface area contributed by atoms with Crippen LogP contribution in [0, 0.1) is 11.3 Å². The first kappa shape index (κ1) is 14.9. The van der Waals surface area contributed by atoms with Crippen molar-refractivity contribution in [3.05, 3.63) is 28.7 Å². The molecule has 1 unspecified atom stereocenters. The van der Waals surface area contributed by atoms with Gasteiger partial charge in [0.15, 0.2) is 0 Å². The van der Waals surface area contributed by atoms with E-state index in [1.54, 1.807) is 0 Å². The van der Waals surface area contributed by atoms with Crippen molar-refractivity contribution in [2.75, 3.05) is 31.5 Å². The third kappa shape index (κ3) is 4.22. The molecule has 2 nitrogen and oxygen atoms in total. The molecule has 1 aromatic rings. The second-order valence-electron chi connectivity index (χ2n) is 6.56. The van der Waals surface area contributed by atoms with Crippen molar-refractivity contribution in [1.82, 2.24) is 4.90 Å². The third-order valence-electron chi connectivity index (χ3n) is 4.11. The van der Waals surface area contributed by atoms with Crippen LogP contribution in [-0.2, 0) is 0 Å². The molecule has 1 saturated heterocycles. The lowest BCUT2D eigenvalue weighted by atomic mass is 9.80. The van der Waals surface area contributed by atoms with Crippen LogP contribution in [-0.4, -0.2) is 31.1 Å². The summed E-state index contributed by atoms with van der Waals surface area (Å²) in [6.07, 6.45) is 1.35. The molecule has 1 atom stereocenters. The van der Waals surface area contributed by atoms with Crippen LogP contribution in [0.15, 0.2) is 28.7 Å². The van der Waals surface area contributed by atoms with Gasteiger partial charge in [-0.3, -0.25) is 0 Å². The second kappa shape index (κ2) is 6.27. The fraction of sp³-hybridized carbons (Fsp3) is 0.625. The number of likely N-dealkylation sites (tertiary alicyclic amines) is 1. The summed E-state index contributed by atoms with van der Waals surface area (Å²) in [4.78, 5) is 2.58. The minimum absolute atomic E-state index is 0.449. The Bertz CT molecular complexity index is 411. The summed E-state index contributed by atoms with van der Waals surface area (Å²) in [5, 5.41) is 3.50. The molecule has 0 aromatic heterocycles. The van der Waals surface area contributed by atoms with Gasteiger partial charge in [-0.1, -0.05) is 32.9 Å². The van der Waals surface area contributed by atoms with E-state index >= 15 is 0 Å². The van der Waals surface area contributed by atoms with Crippen LogP contribution in [0.25, 0.3) is 0 Å². The van der Waals surface area contributed by atoms with Crippen molar-refractivity contribution in [2.24, 2.45) is 11.3 Å². The first-order valence-corrected chi connectivity index (χ1v) is 7.97. The molecule has 3 heteroatoms. The topological polar surface area (TPSA) is 15.3 Å². The van der Waals surface area contributed by atoms with Crippen LogP contribution in [0.4, 0.5) is 5.69 Å². The van der Waals surface area contributed by atoms with E-state index in [-0.39, 0.29) is 0 Å². The van der Waals surface area contributed by atoms with Gasteiger partial charge in [0, 0.05) is 29.8 Å². The Morgan fingerprint density at radius 2 is 2.05 bits per heavy atom. The summed E-state index contributed by atoms with van der Waals surface area (Å²) in [5.41, 5.74) is 1.64. The molecule has 1 aliphatic heterocycles. The Morgan fingerprint density at radius 3 is 2.68 bits per heavy atom. The first-order chi connectivity index (χ1) is 8.97. The lowest BCUT2D eigenvalue weighted by Crippen LogP contribution is -2.29. The zero-order valence-corrected chi connectivity index (χ0v) is 13.8. The van der Waals surface area contributed by atoms with Crippen LogP contribution in [0.2, 0.25) is 0 Å². The molecule has 0 aliphatic carbocycles. The van der Waals surface area contributed by atoms with Crippen LogP contribution in [0.1, 0.15) is 27.2 Å². The predicted octanol–water partition coefficient (Wildman–Crippen LogP) is 4.23. The Kier molecular flexibility index (Phi) is 4.91. The van der Waals surface area contributed by atoms with E-state index in [0.717, 1.165) is 23.5 Å². The molecular weight excluding hydrogens is 300 g/mol. The van der Waals surface area contributed by atoms with Gasteiger partial charge in [0.2, 0.25) is 0 Å². The molecule has 1 heterocycles. The quantitative estimate of drug-likeness (QED) is 0.891. The smallest absolute Gasteiger partial charge is 0.0485 e. The highest BCUT2D eigenvalue weighted by Gasteiger charge is 2.31. The lowest BCUT2D eigenvalue weighted by Gasteiger charge is -2.27. The average molecular weight is 325 g/mol. The van der Waals surface area contributed by atoms with Gasteiger partial charge in [-0.2, -0.15) is 0 Å². The highest BCUT2D eigenvalue weighted by molar-refractivity contribution is 9.10. The number of nitrogens with zero attached hydrogens (tertiary/aromatic N) is 1. The van der Waals surface area contributed by atoms with Crippen molar-refractivity contribution in [3.8, 4) is 0 Å². The monoisotopic (exact) mass is 324 g/mol. The van der Waals surface area contributed by atoms with Crippen LogP contribution < -0.4 is 5.32 Å². The fourth-order valence-corrected chi connectivity index (χ4v) is 3.12. The van der Waals surface area contributed by atoms with Gasteiger partial charge in [-0.05, 0) is 52.4 Å². The summed E-state index contributed by atoms with van der Waals surface area (Å²) in [6.45, 7) is 11.7.